The zero-order valence-corrected chi connectivity index (χ0v) is 17.2. The Balaban J connectivity index is 1.78. The van der Waals surface area contributed by atoms with Crippen LogP contribution in [0.3, 0.4) is 0 Å². The molecule has 0 saturated heterocycles. The molecule has 3 aromatic rings. The van der Waals surface area contributed by atoms with Gasteiger partial charge in [0.2, 0.25) is 0 Å². The highest BCUT2D eigenvalue weighted by molar-refractivity contribution is 6.05. The molecule has 3 rings (SSSR count). The smallest absolute Gasteiger partial charge is 0.255 e. The summed E-state index contributed by atoms with van der Waals surface area (Å²) in [5.41, 5.74) is 8.99. The molecule has 0 bridgehead atoms. The second-order valence-corrected chi connectivity index (χ2v) is 6.62. The number of ether oxygens (including phenoxy) is 2. The van der Waals surface area contributed by atoms with E-state index in [1.54, 1.807) is 44.6 Å². The van der Waals surface area contributed by atoms with Crippen LogP contribution in [0.1, 0.15) is 27.0 Å². The first-order valence-corrected chi connectivity index (χ1v) is 9.43. The molecule has 31 heavy (non-hydrogen) atoms. The Morgan fingerprint density at radius 3 is 2.10 bits per heavy atom. The molecule has 0 aromatic heterocycles. The molecule has 1 amide bonds. The van der Waals surface area contributed by atoms with Gasteiger partial charge in [0.15, 0.2) is 5.84 Å². The van der Waals surface area contributed by atoms with Crippen LogP contribution in [0, 0.1) is 0 Å². The summed E-state index contributed by atoms with van der Waals surface area (Å²) in [6, 6.07) is 19.6. The molecule has 0 saturated carbocycles. The van der Waals surface area contributed by atoms with Gasteiger partial charge in [0, 0.05) is 22.9 Å². The van der Waals surface area contributed by atoms with E-state index in [1.807, 2.05) is 48.6 Å². The molecule has 7 heteroatoms. The van der Waals surface area contributed by atoms with E-state index in [0.717, 1.165) is 16.9 Å². The van der Waals surface area contributed by atoms with Gasteiger partial charge >= 0.3 is 0 Å². The standard InChI is InChI=1S/C24H23N3O4/c1-30-21-11-5-16(6-12-21)3-4-17-13-20(15-22(14-17)31-2)26-24(28)19-9-7-18(8-10-19)23(25)27-29/h3-15,29H,1-2H3,(H2,25,27)(H,26,28)/b4-3+. The molecule has 0 atom stereocenters. The molecule has 0 aliphatic heterocycles. The fourth-order valence-corrected chi connectivity index (χ4v) is 2.87. The molecule has 0 aliphatic carbocycles. The first kappa shape index (κ1) is 21.4. The minimum Gasteiger partial charge on any atom is -0.497 e. The number of carbonyl (C=O) groups excluding carboxylic acids is 1. The molecule has 0 unspecified atom stereocenters. The van der Waals surface area contributed by atoms with Crippen LogP contribution in [0.15, 0.2) is 71.9 Å². The van der Waals surface area contributed by atoms with E-state index < -0.39 is 0 Å². The number of anilines is 1. The Labute approximate surface area is 180 Å². The van der Waals surface area contributed by atoms with E-state index in [4.69, 9.17) is 20.4 Å². The third-order valence-electron chi connectivity index (χ3n) is 4.56. The topological polar surface area (TPSA) is 106 Å². The lowest BCUT2D eigenvalue weighted by molar-refractivity contribution is 0.102. The Morgan fingerprint density at radius 1 is 0.871 bits per heavy atom. The van der Waals surface area contributed by atoms with Crippen molar-refractivity contribution in [3.8, 4) is 11.5 Å². The summed E-state index contributed by atoms with van der Waals surface area (Å²) in [7, 11) is 3.20. The third kappa shape index (κ3) is 5.63. The van der Waals surface area contributed by atoms with Crippen LogP contribution in [0.2, 0.25) is 0 Å². The summed E-state index contributed by atoms with van der Waals surface area (Å²) in [5, 5.41) is 14.6. The molecule has 3 aromatic carbocycles. The number of oxime groups is 1. The van der Waals surface area contributed by atoms with Gasteiger partial charge in [-0.15, -0.1) is 0 Å². The number of amidine groups is 1. The normalized spacial score (nSPS) is 11.4. The molecule has 0 fully saturated rings. The Bertz CT molecular complexity index is 1100. The van der Waals surface area contributed by atoms with Crippen molar-refractivity contribution in [2.75, 3.05) is 19.5 Å². The van der Waals surface area contributed by atoms with Gasteiger partial charge in [-0.1, -0.05) is 41.6 Å². The fourth-order valence-electron chi connectivity index (χ4n) is 2.87. The fraction of sp³-hybridized carbons (Fsp3) is 0.0833. The van der Waals surface area contributed by atoms with Gasteiger partial charge in [-0.05, 0) is 47.5 Å². The Hall–Kier alpha value is -4.26. The van der Waals surface area contributed by atoms with Crippen molar-refractivity contribution in [1.29, 1.82) is 0 Å². The van der Waals surface area contributed by atoms with Crippen molar-refractivity contribution in [3.63, 3.8) is 0 Å². The maximum Gasteiger partial charge on any atom is 0.255 e. The minimum atomic E-state index is -0.288. The number of nitrogens with zero attached hydrogens (tertiary/aromatic N) is 1. The molecule has 7 nitrogen and oxygen atoms in total. The number of nitrogens with one attached hydrogen (secondary N) is 1. The van der Waals surface area contributed by atoms with Gasteiger partial charge in [-0.25, -0.2) is 0 Å². The molecule has 0 spiro atoms. The van der Waals surface area contributed by atoms with E-state index in [-0.39, 0.29) is 11.7 Å². The van der Waals surface area contributed by atoms with E-state index in [2.05, 4.69) is 10.5 Å². The Kier molecular flexibility index (Phi) is 6.90. The van der Waals surface area contributed by atoms with Crippen LogP contribution in [-0.2, 0) is 0 Å². The SMILES string of the molecule is COc1ccc(/C=C/c2cc(NC(=O)c3ccc(/C(N)=N/O)cc3)cc(OC)c2)cc1. The number of rotatable bonds is 7. The predicted molar refractivity (Wildman–Crippen MR) is 122 cm³/mol. The zero-order chi connectivity index (χ0) is 22.2. The average molecular weight is 417 g/mol. The monoisotopic (exact) mass is 417 g/mol. The summed E-state index contributed by atoms with van der Waals surface area (Å²) >= 11 is 0. The van der Waals surface area contributed by atoms with Crippen molar-refractivity contribution in [2.45, 2.75) is 0 Å². The van der Waals surface area contributed by atoms with Crippen molar-refractivity contribution >= 4 is 29.6 Å². The van der Waals surface area contributed by atoms with E-state index in [9.17, 15) is 4.79 Å². The number of hydrogen-bond donors (Lipinski definition) is 3. The van der Waals surface area contributed by atoms with Crippen molar-refractivity contribution < 1.29 is 19.5 Å². The summed E-state index contributed by atoms with van der Waals surface area (Å²) in [6.45, 7) is 0. The summed E-state index contributed by atoms with van der Waals surface area (Å²) in [5.74, 6) is 1.11. The molecule has 0 aliphatic rings. The highest BCUT2D eigenvalue weighted by Gasteiger charge is 2.09. The summed E-state index contributed by atoms with van der Waals surface area (Å²) < 4.78 is 10.5. The minimum absolute atomic E-state index is 0.0203. The lowest BCUT2D eigenvalue weighted by Crippen LogP contribution is -2.15. The van der Waals surface area contributed by atoms with Crippen LogP contribution < -0.4 is 20.5 Å². The van der Waals surface area contributed by atoms with E-state index in [1.165, 1.54) is 0 Å². The van der Waals surface area contributed by atoms with E-state index >= 15 is 0 Å². The highest BCUT2D eigenvalue weighted by atomic mass is 16.5. The Morgan fingerprint density at radius 2 is 1.48 bits per heavy atom. The van der Waals surface area contributed by atoms with Gasteiger partial charge < -0.3 is 25.7 Å². The second-order valence-electron chi connectivity index (χ2n) is 6.62. The number of hydrogen-bond acceptors (Lipinski definition) is 5. The molecule has 4 N–H and O–H groups in total. The van der Waals surface area contributed by atoms with Gasteiger partial charge in [0.25, 0.3) is 5.91 Å². The van der Waals surface area contributed by atoms with Gasteiger partial charge in [0.1, 0.15) is 11.5 Å². The van der Waals surface area contributed by atoms with Crippen LogP contribution in [0.4, 0.5) is 5.69 Å². The van der Waals surface area contributed by atoms with Crippen LogP contribution in [-0.4, -0.2) is 31.2 Å². The molecule has 0 heterocycles. The number of amides is 1. The second kappa shape index (κ2) is 9.98. The van der Waals surface area contributed by atoms with Crippen molar-refractivity contribution in [2.24, 2.45) is 10.9 Å². The average Bonchev–Trinajstić information content (AvgIpc) is 2.82. The van der Waals surface area contributed by atoms with Crippen LogP contribution >= 0.6 is 0 Å². The number of methoxy groups -OCH3 is 2. The highest BCUT2D eigenvalue weighted by Crippen LogP contribution is 2.23. The summed E-state index contributed by atoms with van der Waals surface area (Å²) in [6.07, 6.45) is 3.90. The molecule has 0 radical (unpaired) electrons. The van der Waals surface area contributed by atoms with Gasteiger partial charge in [0.05, 0.1) is 14.2 Å². The predicted octanol–water partition coefficient (Wildman–Crippen LogP) is 4.22. The lowest BCUT2D eigenvalue weighted by Gasteiger charge is -2.09. The number of benzene rings is 3. The maximum absolute atomic E-state index is 12.6. The van der Waals surface area contributed by atoms with Crippen LogP contribution in [0.5, 0.6) is 11.5 Å². The maximum atomic E-state index is 12.6. The summed E-state index contributed by atoms with van der Waals surface area (Å²) in [4.78, 5) is 12.6. The molecular formula is C24H23N3O4. The number of carbonyl (C=O) groups is 1. The quantitative estimate of drug-likeness (QED) is 0.175. The van der Waals surface area contributed by atoms with Crippen molar-refractivity contribution in [1.82, 2.24) is 0 Å². The van der Waals surface area contributed by atoms with E-state index in [0.29, 0.717) is 22.6 Å². The van der Waals surface area contributed by atoms with Gasteiger partial charge in [-0.2, -0.15) is 0 Å². The van der Waals surface area contributed by atoms with Gasteiger partial charge in [-0.3, -0.25) is 4.79 Å². The number of nitrogens with two attached hydrogens (primary N) is 1. The largest absolute Gasteiger partial charge is 0.497 e. The van der Waals surface area contributed by atoms with Crippen LogP contribution in [0.25, 0.3) is 12.2 Å². The molecular weight excluding hydrogens is 394 g/mol. The third-order valence-corrected chi connectivity index (χ3v) is 4.56. The first-order valence-electron chi connectivity index (χ1n) is 9.43. The molecule has 158 valence electrons. The first-order chi connectivity index (χ1) is 15.0. The zero-order valence-electron chi connectivity index (χ0n) is 17.2. The van der Waals surface area contributed by atoms with Crippen molar-refractivity contribution in [3.05, 3.63) is 89.0 Å². The lowest BCUT2D eigenvalue weighted by atomic mass is 10.1.